The summed E-state index contributed by atoms with van der Waals surface area (Å²) in [5.74, 6) is -0.0500. The number of amides is 1. The molecule has 1 N–H and O–H groups in total. The van der Waals surface area contributed by atoms with Gasteiger partial charge in [0.05, 0.1) is 0 Å². The molecule has 0 aliphatic heterocycles. The Morgan fingerprint density at radius 2 is 2.20 bits per heavy atom. The van der Waals surface area contributed by atoms with E-state index in [9.17, 15) is 4.79 Å². The third-order valence-electron chi connectivity index (χ3n) is 1.19. The summed E-state index contributed by atoms with van der Waals surface area (Å²) >= 11 is 5.64. The monoisotopic (exact) mass is 163 g/mol. The van der Waals surface area contributed by atoms with E-state index in [0.717, 1.165) is 13.0 Å². The van der Waals surface area contributed by atoms with Crippen molar-refractivity contribution in [3.8, 4) is 0 Å². The molecule has 2 nitrogen and oxygen atoms in total. The molecule has 10 heavy (non-hydrogen) atoms. The van der Waals surface area contributed by atoms with Gasteiger partial charge in [-0.2, -0.15) is 0 Å². The van der Waals surface area contributed by atoms with Crippen LogP contribution in [0.15, 0.2) is 0 Å². The van der Waals surface area contributed by atoms with Crippen LogP contribution in [0.25, 0.3) is 0 Å². The van der Waals surface area contributed by atoms with Gasteiger partial charge in [-0.1, -0.05) is 13.8 Å². The molecule has 0 rings (SSSR count). The molecule has 0 fully saturated rings. The maximum atomic E-state index is 10.9. The number of halogens is 1. The minimum atomic E-state index is -0.355. The number of hydrogen-bond acceptors (Lipinski definition) is 1. The highest BCUT2D eigenvalue weighted by atomic mass is 35.5. The quantitative estimate of drug-likeness (QED) is 0.626. The molecule has 0 saturated carbocycles. The smallest absolute Gasteiger partial charge is 0.238 e. The number of carbonyl (C=O) groups excluding carboxylic acids is 1. The summed E-state index contributed by atoms with van der Waals surface area (Å²) in [6, 6.07) is 0. The molecule has 60 valence electrons. The Morgan fingerprint density at radius 3 is 2.60 bits per heavy atom. The highest BCUT2D eigenvalue weighted by molar-refractivity contribution is 6.30. The molecule has 0 bridgehead atoms. The van der Waals surface area contributed by atoms with Gasteiger partial charge in [0.1, 0.15) is 5.38 Å². The van der Waals surface area contributed by atoms with Crippen molar-refractivity contribution in [1.82, 2.24) is 5.32 Å². The molecule has 0 aromatic heterocycles. The number of nitrogens with one attached hydrogen (secondary N) is 1. The lowest BCUT2D eigenvalue weighted by Gasteiger charge is -2.05. The van der Waals surface area contributed by atoms with Crippen LogP contribution in [0.3, 0.4) is 0 Å². The summed E-state index contributed by atoms with van der Waals surface area (Å²) in [6.07, 6.45) is 1.65. The number of alkyl halides is 1. The van der Waals surface area contributed by atoms with Gasteiger partial charge in [-0.3, -0.25) is 4.79 Å². The van der Waals surface area contributed by atoms with Gasteiger partial charge in [0.25, 0.3) is 0 Å². The van der Waals surface area contributed by atoms with Crippen molar-refractivity contribution in [2.24, 2.45) is 0 Å². The van der Waals surface area contributed by atoms with Crippen molar-refractivity contribution in [1.29, 1.82) is 0 Å². The largest absolute Gasteiger partial charge is 0.355 e. The molecule has 0 aromatic rings. The number of hydrogen-bond donors (Lipinski definition) is 1. The van der Waals surface area contributed by atoms with E-state index < -0.39 is 0 Å². The Bertz CT molecular complexity index is 106. The van der Waals surface area contributed by atoms with Gasteiger partial charge < -0.3 is 5.32 Å². The first kappa shape index (κ1) is 9.76. The molecule has 0 heterocycles. The van der Waals surface area contributed by atoms with Crippen molar-refractivity contribution >= 4 is 17.5 Å². The van der Waals surface area contributed by atoms with E-state index >= 15 is 0 Å². The summed E-state index contributed by atoms with van der Waals surface area (Å²) in [5, 5.41) is 2.36. The molecule has 1 unspecified atom stereocenters. The molecule has 1 amide bonds. The zero-order valence-corrected chi connectivity index (χ0v) is 7.24. The zero-order chi connectivity index (χ0) is 7.98. The fraction of sp³-hybridized carbons (Fsp3) is 0.857. The van der Waals surface area contributed by atoms with Gasteiger partial charge in [-0.05, 0) is 12.8 Å². The van der Waals surface area contributed by atoms with Crippen molar-refractivity contribution < 1.29 is 4.79 Å². The lowest BCUT2D eigenvalue weighted by Crippen LogP contribution is -2.31. The normalized spacial score (nSPS) is 12.7. The molecule has 0 aliphatic rings. The summed E-state index contributed by atoms with van der Waals surface area (Å²) in [7, 11) is 0. The Labute approximate surface area is 66.9 Å². The standard InChI is InChI=1S/C7H14ClNO/c1-3-5-9-7(10)6(8)4-2/h6H,3-5H2,1-2H3,(H,9,10). The van der Waals surface area contributed by atoms with E-state index in [4.69, 9.17) is 11.6 Å². The highest BCUT2D eigenvalue weighted by Gasteiger charge is 2.10. The van der Waals surface area contributed by atoms with E-state index in [0.29, 0.717) is 6.42 Å². The highest BCUT2D eigenvalue weighted by Crippen LogP contribution is 1.99. The second kappa shape index (κ2) is 5.54. The van der Waals surface area contributed by atoms with Crippen LogP contribution < -0.4 is 5.32 Å². The van der Waals surface area contributed by atoms with Crippen LogP contribution in [0.1, 0.15) is 26.7 Å². The Kier molecular flexibility index (Phi) is 5.40. The van der Waals surface area contributed by atoms with E-state index in [1.165, 1.54) is 0 Å². The van der Waals surface area contributed by atoms with E-state index in [2.05, 4.69) is 5.32 Å². The first-order valence-corrected chi connectivity index (χ1v) is 4.07. The lowest BCUT2D eigenvalue weighted by atomic mass is 10.3. The molecule has 3 heteroatoms. The minimum absolute atomic E-state index is 0.0500. The maximum Gasteiger partial charge on any atom is 0.238 e. The molecule has 0 spiro atoms. The molecule has 0 aromatic carbocycles. The van der Waals surface area contributed by atoms with Crippen LogP contribution in [-0.2, 0) is 4.79 Å². The third-order valence-corrected chi connectivity index (χ3v) is 1.70. The molecular formula is C7H14ClNO. The van der Waals surface area contributed by atoms with Gasteiger partial charge in [0, 0.05) is 6.54 Å². The van der Waals surface area contributed by atoms with E-state index in [1.807, 2.05) is 13.8 Å². The van der Waals surface area contributed by atoms with Crippen LogP contribution in [0.2, 0.25) is 0 Å². The Balaban J connectivity index is 3.42. The van der Waals surface area contributed by atoms with Crippen LogP contribution in [0.4, 0.5) is 0 Å². The topological polar surface area (TPSA) is 29.1 Å². The molecule has 0 aliphatic carbocycles. The summed E-state index contributed by atoms with van der Waals surface area (Å²) in [4.78, 5) is 10.9. The fourth-order valence-electron chi connectivity index (χ4n) is 0.544. The first-order chi connectivity index (χ1) is 4.72. The molecule has 0 radical (unpaired) electrons. The van der Waals surface area contributed by atoms with Gasteiger partial charge >= 0.3 is 0 Å². The third kappa shape index (κ3) is 3.72. The van der Waals surface area contributed by atoms with Gasteiger partial charge in [0.2, 0.25) is 5.91 Å². The van der Waals surface area contributed by atoms with E-state index in [1.54, 1.807) is 0 Å². The zero-order valence-electron chi connectivity index (χ0n) is 6.48. The van der Waals surface area contributed by atoms with Crippen molar-refractivity contribution in [3.63, 3.8) is 0 Å². The summed E-state index contributed by atoms with van der Waals surface area (Å²) in [5.41, 5.74) is 0. The molecule has 0 saturated heterocycles. The van der Waals surface area contributed by atoms with Crippen molar-refractivity contribution in [2.45, 2.75) is 32.1 Å². The minimum Gasteiger partial charge on any atom is -0.355 e. The van der Waals surface area contributed by atoms with Gasteiger partial charge in [-0.15, -0.1) is 11.6 Å². The van der Waals surface area contributed by atoms with Gasteiger partial charge in [0.15, 0.2) is 0 Å². The van der Waals surface area contributed by atoms with Crippen LogP contribution >= 0.6 is 11.6 Å². The summed E-state index contributed by atoms with van der Waals surface area (Å²) in [6.45, 7) is 4.63. The first-order valence-electron chi connectivity index (χ1n) is 3.64. The lowest BCUT2D eigenvalue weighted by molar-refractivity contribution is -0.120. The maximum absolute atomic E-state index is 10.9. The van der Waals surface area contributed by atoms with Crippen LogP contribution in [0, 0.1) is 0 Å². The number of rotatable bonds is 4. The molecular weight excluding hydrogens is 150 g/mol. The fourth-order valence-corrected chi connectivity index (χ4v) is 0.621. The number of carbonyl (C=O) groups is 1. The van der Waals surface area contributed by atoms with Crippen molar-refractivity contribution in [3.05, 3.63) is 0 Å². The van der Waals surface area contributed by atoms with Crippen LogP contribution in [-0.4, -0.2) is 17.8 Å². The van der Waals surface area contributed by atoms with E-state index in [-0.39, 0.29) is 11.3 Å². The van der Waals surface area contributed by atoms with Crippen molar-refractivity contribution in [2.75, 3.05) is 6.54 Å². The Hall–Kier alpha value is -0.240. The average molecular weight is 164 g/mol. The average Bonchev–Trinajstić information content (AvgIpc) is 1.98. The summed E-state index contributed by atoms with van der Waals surface area (Å²) < 4.78 is 0. The second-order valence-electron chi connectivity index (χ2n) is 2.17. The Morgan fingerprint density at radius 1 is 1.60 bits per heavy atom. The molecule has 1 atom stereocenters. The second-order valence-corrected chi connectivity index (χ2v) is 2.69. The SMILES string of the molecule is CCCNC(=O)C(Cl)CC. The predicted octanol–water partition coefficient (Wildman–Crippen LogP) is 1.53. The van der Waals surface area contributed by atoms with Crippen LogP contribution in [0.5, 0.6) is 0 Å². The van der Waals surface area contributed by atoms with Gasteiger partial charge in [-0.25, -0.2) is 0 Å². The predicted molar refractivity (Wildman–Crippen MR) is 43.2 cm³/mol.